The van der Waals surface area contributed by atoms with E-state index in [1.807, 2.05) is 74.3 Å². The molecule has 0 N–H and O–H groups in total. The fraction of sp³-hybridized carbons (Fsp3) is 0.158. The molecule has 2 aromatic carbocycles. The Hall–Kier alpha value is -2.82. The highest BCUT2D eigenvalue weighted by Crippen LogP contribution is 2.28. The predicted molar refractivity (Wildman–Crippen MR) is 98.3 cm³/mol. The van der Waals surface area contributed by atoms with Crippen LogP contribution in [-0.4, -0.2) is 30.1 Å². The summed E-state index contributed by atoms with van der Waals surface area (Å²) in [6.07, 6.45) is 0.827. The molecule has 1 aliphatic heterocycles. The maximum atomic E-state index is 13.2. The molecule has 4 nitrogen and oxygen atoms in total. The molecule has 5 heteroatoms. The molecule has 0 aliphatic carbocycles. The molecule has 1 aromatic heterocycles. The number of fused-ring (bicyclic) bond motifs is 1. The first kappa shape index (κ1) is 14.8. The van der Waals surface area contributed by atoms with Crippen LogP contribution < -0.4 is 10.4 Å². The number of carbonyl (C=O) groups excluding carboxylic acids is 1. The van der Waals surface area contributed by atoms with Crippen molar-refractivity contribution in [3.05, 3.63) is 71.5 Å². The summed E-state index contributed by atoms with van der Waals surface area (Å²) in [5.74, 6) is 0.0181. The van der Waals surface area contributed by atoms with Gasteiger partial charge in [-0.2, -0.15) is 5.10 Å². The number of benzene rings is 2. The lowest BCUT2D eigenvalue weighted by Gasteiger charge is -2.28. The molecule has 3 aromatic rings. The van der Waals surface area contributed by atoms with Crippen molar-refractivity contribution in [3.63, 3.8) is 0 Å². The van der Waals surface area contributed by atoms with E-state index in [0.29, 0.717) is 12.2 Å². The van der Waals surface area contributed by atoms with Crippen molar-refractivity contribution < 1.29 is 4.79 Å². The number of hydrogen-bond donors (Lipinski definition) is 0. The van der Waals surface area contributed by atoms with Crippen LogP contribution in [0.4, 0.5) is 5.69 Å². The zero-order valence-corrected chi connectivity index (χ0v) is 13.9. The summed E-state index contributed by atoms with van der Waals surface area (Å²) in [5.41, 5.74) is 5.73. The maximum absolute atomic E-state index is 13.2. The van der Waals surface area contributed by atoms with Crippen LogP contribution in [0.3, 0.4) is 0 Å². The second-order valence-electron chi connectivity index (χ2n) is 6.20. The molecule has 4 rings (SSSR count). The Morgan fingerprint density at radius 1 is 1.00 bits per heavy atom. The van der Waals surface area contributed by atoms with Gasteiger partial charge in [0, 0.05) is 17.8 Å². The van der Waals surface area contributed by atoms with Crippen molar-refractivity contribution in [2.75, 3.05) is 11.4 Å². The molecular weight excluding hydrogens is 297 g/mol. The smallest absolute Gasteiger partial charge is 0.277 e. The van der Waals surface area contributed by atoms with E-state index < -0.39 is 0 Å². The van der Waals surface area contributed by atoms with Gasteiger partial charge in [-0.3, -0.25) is 4.79 Å². The number of amides is 1. The zero-order valence-electron chi connectivity index (χ0n) is 13.9. The molecule has 24 heavy (non-hydrogen) atoms. The first-order chi connectivity index (χ1) is 11.6. The fourth-order valence-corrected chi connectivity index (χ4v) is 3.26. The van der Waals surface area contributed by atoms with Gasteiger partial charge in [0.1, 0.15) is 13.5 Å². The van der Waals surface area contributed by atoms with Crippen molar-refractivity contribution in [1.29, 1.82) is 0 Å². The number of aromatic nitrogens is 2. The SMILES string of the molecule is Bc1ccc(N2CCc3c(C)nn(-c4ccccc4)c3C2=O)cc1. The van der Waals surface area contributed by atoms with Crippen molar-refractivity contribution >= 4 is 24.9 Å². The summed E-state index contributed by atoms with van der Waals surface area (Å²) in [5, 5.41) is 4.62. The number of rotatable bonds is 2. The lowest BCUT2D eigenvalue weighted by molar-refractivity contribution is 0.0973. The molecule has 118 valence electrons. The molecule has 0 saturated heterocycles. The minimum absolute atomic E-state index is 0.0181. The van der Waals surface area contributed by atoms with E-state index in [2.05, 4.69) is 5.10 Å². The minimum Gasteiger partial charge on any atom is -0.307 e. The Kier molecular flexibility index (Phi) is 3.49. The molecule has 1 aliphatic rings. The van der Waals surface area contributed by atoms with Crippen molar-refractivity contribution in [2.24, 2.45) is 0 Å². The highest BCUT2D eigenvalue weighted by Gasteiger charge is 2.31. The van der Waals surface area contributed by atoms with Crippen LogP contribution in [0.15, 0.2) is 54.6 Å². The van der Waals surface area contributed by atoms with E-state index in [0.717, 1.165) is 29.1 Å². The van der Waals surface area contributed by atoms with Crippen LogP contribution in [0.2, 0.25) is 0 Å². The Bertz CT molecular complexity index is 900. The summed E-state index contributed by atoms with van der Waals surface area (Å²) in [6.45, 7) is 2.67. The molecule has 0 bridgehead atoms. The highest BCUT2D eigenvalue weighted by atomic mass is 16.2. The normalized spacial score (nSPS) is 13.9. The monoisotopic (exact) mass is 315 g/mol. The fourth-order valence-electron chi connectivity index (χ4n) is 3.26. The molecule has 0 spiro atoms. The van der Waals surface area contributed by atoms with Gasteiger partial charge in [0.2, 0.25) is 0 Å². The standard InChI is InChI=1S/C19H18BN3O/c1-13-17-11-12-22(15-9-7-14(20)8-10-15)19(24)18(17)23(21-13)16-5-3-2-4-6-16/h2-10H,11-12,20H2,1H3. The van der Waals surface area contributed by atoms with Crippen molar-refractivity contribution in [2.45, 2.75) is 13.3 Å². The Morgan fingerprint density at radius 2 is 1.71 bits per heavy atom. The zero-order chi connectivity index (χ0) is 16.7. The van der Waals surface area contributed by atoms with Gasteiger partial charge < -0.3 is 4.90 Å². The summed E-state index contributed by atoms with van der Waals surface area (Å²) in [4.78, 5) is 15.0. The van der Waals surface area contributed by atoms with Crippen LogP contribution in [-0.2, 0) is 6.42 Å². The third kappa shape index (κ3) is 2.33. The van der Waals surface area contributed by atoms with Crippen molar-refractivity contribution in [1.82, 2.24) is 9.78 Å². The lowest BCUT2D eigenvalue weighted by atomic mass is 9.96. The molecule has 0 fully saturated rings. The molecular formula is C19H18BN3O. The molecule has 0 radical (unpaired) electrons. The van der Waals surface area contributed by atoms with Crippen LogP contribution in [0.5, 0.6) is 0 Å². The van der Waals surface area contributed by atoms with Gasteiger partial charge in [0.05, 0.1) is 11.4 Å². The maximum Gasteiger partial charge on any atom is 0.277 e. The van der Waals surface area contributed by atoms with E-state index >= 15 is 0 Å². The van der Waals surface area contributed by atoms with Crippen LogP contribution >= 0.6 is 0 Å². The Morgan fingerprint density at radius 3 is 2.42 bits per heavy atom. The summed E-state index contributed by atoms with van der Waals surface area (Å²) in [7, 11) is 2.05. The average molecular weight is 315 g/mol. The number of aryl methyl sites for hydroxylation is 1. The summed E-state index contributed by atoms with van der Waals surface area (Å²) >= 11 is 0. The Balaban J connectivity index is 1.80. The minimum atomic E-state index is 0.0181. The highest BCUT2D eigenvalue weighted by molar-refractivity contribution is 6.32. The van der Waals surface area contributed by atoms with Gasteiger partial charge in [-0.25, -0.2) is 4.68 Å². The number of anilines is 1. The van der Waals surface area contributed by atoms with Gasteiger partial charge in [0.15, 0.2) is 0 Å². The quantitative estimate of drug-likeness (QED) is 0.674. The molecule has 0 atom stereocenters. The predicted octanol–water partition coefficient (Wildman–Crippen LogP) is 1.64. The van der Waals surface area contributed by atoms with E-state index in [-0.39, 0.29) is 5.91 Å². The third-order valence-electron chi connectivity index (χ3n) is 4.56. The summed E-state index contributed by atoms with van der Waals surface area (Å²) in [6, 6.07) is 17.9. The van der Waals surface area contributed by atoms with E-state index in [1.54, 1.807) is 4.68 Å². The van der Waals surface area contributed by atoms with Crippen LogP contribution in [0.25, 0.3) is 5.69 Å². The van der Waals surface area contributed by atoms with Crippen LogP contribution in [0.1, 0.15) is 21.7 Å². The Labute approximate surface area is 142 Å². The van der Waals surface area contributed by atoms with Gasteiger partial charge in [-0.05, 0) is 37.6 Å². The van der Waals surface area contributed by atoms with E-state index in [1.165, 1.54) is 5.46 Å². The second kappa shape index (κ2) is 5.67. The second-order valence-corrected chi connectivity index (χ2v) is 6.20. The van der Waals surface area contributed by atoms with Gasteiger partial charge in [-0.15, -0.1) is 0 Å². The van der Waals surface area contributed by atoms with Gasteiger partial charge in [0.25, 0.3) is 5.91 Å². The number of para-hydroxylation sites is 1. The van der Waals surface area contributed by atoms with E-state index in [4.69, 9.17) is 0 Å². The first-order valence-electron chi connectivity index (χ1n) is 8.17. The third-order valence-corrected chi connectivity index (χ3v) is 4.56. The summed E-state index contributed by atoms with van der Waals surface area (Å²) < 4.78 is 1.79. The molecule has 2 heterocycles. The first-order valence-corrected chi connectivity index (χ1v) is 8.17. The molecule has 1 amide bonds. The van der Waals surface area contributed by atoms with Crippen LogP contribution in [0, 0.1) is 6.92 Å². The van der Waals surface area contributed by atoms with Gasteiger partial charge >= 0.3 is 0 Å². The largest absolute Gasteiger partial charge is 0.307 e. The average Bonchev–Trinajstić information content (AvgIpc) is 2.95. The topological polar surface area (TPSA) is 38.1 Å². The van der Waals surface area contributed by atoms with E-state index in [9.17, 15) is 4.79 Å². The van der Waals surface area contributed by atoms with Crippen molar-refractivity contribution in [3.8, 4) is 5.69 Å². The van der Waals surface area contributed by atoms with Gasteiger partial charge in [-0.1, -0.05) is 35.8 Å². The molecule has 0 saturated carbocycles. The number of hydrogen-bond acceptors (Lipinski definition) is 2. The number of carbonyl (C=O) groups is 1. The molecule has 0 unspecified atom stereocenters. The number of nitrogens with zero attached hydrogens (tertiary/aromatic N) is 3. The lowest BCUT2D eigenvalue weighted by Crippen LogP contribution is -2.39.